The normalized spacial score (nSPS) is 27.9. The number of nitrogens with one attached hydrogen (secondary N) is 3. The molecule has 0 unspecified atom stereocenters. The van der Waals surface area contributed by atoms with Crippen molar-refractivity contribution in [3.63, 3.8) is 0 Å². The van der Waals surface area contributed by atoms with Gasteiger partial charge < -0.3 is 25.0 Å². The van der Waals surface area contributed by atoms with Gasteiger partial charge in [-0.05, 0) is 69.1 Å². The lowest BCUT2D eigenvalue weighted by Gasteiger charge is -2.52. The molecule has 44 heavy (non-hydrogen) atoms. The number of likely N-dealkylation sites (tertiary alicyclic amines) is 1. The number of alkyl carbamates (subject to hydrolysis) is 1. The predicted octanol–water partition coefficient (Wildman–Crippen LogP) is 5.04. The molecule has 12 heteroatoms. The van der Waals surface area contributed by atoms with Crippen LogP contribution in [0.2, 0.25) is 5.02 Å². The lowest BCUT2D eigenvalue weighted by Crippen LogP contribution is -2.62. The van der Waals surface area contributed by atoms with Gasteiger partial charge in [-0.1, -0.05) is 41.9 Å². The van der Waals surface area contributed by atoms with Crippen LogP contribution in [0.3, 0.4) is 0 Å². The third kappa shape index (κ3) is 5.46. The van der Waals surface area contributed by atoms with Crippen LogP contribution in [0.1, 0.15) is 62.5 Å². The highest BCUT2D eigenvalue weighted by Crippen LogP contribution is 2.52. The average Bonchev–Trinajstić information content (AvgIpc) is 3.03. The minimum atomic E-state index is -1.41. The summed E-state index contributed by atoms with van der Waals surface area (Å²) in [5, 5.41) is 8.51. The number of hydrogen-bond acceptors (Lipinski definition) is 6. The minimum Gasteiger partial charge on any atom is -0.453 e. The summed E-state index contributed by atoms with van der Waals surface area (Å²) >= 11 is 6.13. The largest absolute Gasteiger partial charge is 0.453 e. The lowest BCUT2D eigenvalue weighted by atomic mass is 9.57. The van der Waals surface area contributed by atoms with Gasteiger partial charge in [0.05, 0.1) is 29.9 Å². The summed E-state index contributed by atoms with van der Waals surface area (Å²) in [5.41, 5.74) is -1.17. The zero-order chi connectivity index (χ0) is 31.1. The lowest BCUT2D eigenvalue weighted by molar-refractivity contribution is -0.147. The molecule has 2 bridgehead atoms. The molecule has 10 nitrogen and oxygen atoms in total. The van der Waals surface area contributed by atoms with Gasteiger partial charge in [0.25, 0.3) is 0 Å². The van der Waals surface area contributed by atoms with Gasteiger partial charge in [0.1, 0.15) is 6.04 Å². The monoisotopic (exact) mass is 626 g/mol. The third-order valence-electron chi connectivity index (χ3n) is 10.0. The summed E-state index contributed by atoms with van der Waals surface area (Å²) in [6.07, 6.45) is 3.53. The number of rotatable bonds is 6. The SMILES string of the molecule is COC(=O)NC12CCC(C(=O)N[C@@H](Cc3ccccc3)C(=O)N3CCC[C@@]4(C3)OC(=O)Nc3ccc(Cl)c(F)c34)(CC1)CC2. The van der Waals surface area contributed by atoms with Gasteiger partial charge in [0, 0.05) is 23.9 Å². The van der Waals surface area contributed by atoms with Crippen LogP contribution < -0.4 is 16.0 Å². The highest BCUT2D eigenvalue weighted by atomic mass is 35.5. The Labute approximate surface area is 260 Å². The molecule has 7 rings (SSSR count). The van der Waals surface area contributed by atoms with Crippen molar-refractivity contribution in [2.75, 3.05) is 25.5 Å². The summed E-state index contributed by atoms with van der Waals surface area (Å²) in [6.45, 7) is 0.286. The molecule has 3 aliphatic carbocycles. The molecule has 1 saturated heterocycles. The number of anilines is 1. The van der Waals surface area contributed by atoms with Gasteiger partial charge in [-0.25, -0.2) is 14.0 Å². The minimum absolute atomic E-state index is 0.0719. The van der Waals surface area contributed by atoms with Crippen molar-refractivity contribution in [3.05, 3.63) is 64.4 Å². The number of ether oxygens (including phenoxy) is 2. The molecule has 0 aromatic heterocycles. The van der Waals surface area contributed by atoms with Crippen molar-refractivity contribution in [3.8, 4) is 0 Å². The first-order chi connectivity index (χ1) is 21.1. The number of carbonyl (C=O) groups is 4. The van der Waals surface area contributed by atoms with Gasteiger partial charge in [0.2, 0.25) is 11.8 Å². The number of piperidine rings is 1. The number of fused-ring (bicyclic) bond motifs is 5. The van der Waals surface area contributed by atoms with Crippen LogP contribution in [0.4, 0.5) is 19.7 Å². The van der Waals surface area contributed by atoms with Crippen LogP contribution in [0.25, 0.3) is 0 Å². The molecular formula is C32H36ClFN4O6. The summed E-state index contributed by atoms with van der Waals surface area (Å²) in [7, 11) is 1.34. The van der Waals surface area contributed by atoms with Gasteiger partial charge in [0.15, 0.2) is 11.4 Å². The summed E-state index contributed by atoms with van der Waals surface area (Å²) in [4.78, 5) is 54.3. The average molecular weight is 627 g/mol. The van der Waals surface area contributed by atoms with E-state index >= 15 is 4.39 Å². The van der Waals surface area contributed by atoms with E-state index in [1.54, 1.807) is 4.90 Å². The fraction of sp³-hybridized carbons (Fsp3) is 0.500. The van der Waals surface area contributed by atoms with E-state index in [0.29, 0.717) is 57.9 Å². The molecule has 4 fully saturated rings. The predicted molar refractivity (Wildman–Crippen MR) is 159 cm³/mol. The molecule has 2 atom stereocenters. The van der Waals surface area contributed by atoms with Gasteiger partial charge in [-0.15, -0.1) is 0 Å². The number of methoxy groups -OCH3 is 1. The van der Waals surface area contributed by atoms with Crippen LogP contribution in [-0.4, -0.2) is 60.7 Å². The summed E-state index contributed by atoms with van der Waals surface area (Å²) in [5.74, 6) is -1.20. The molecule has 2 aliphatic heterocycles. The first-order valence-electron chi connectivity index (χ1n) is 15.1. The maximum atomic E-state index is 15.4. The zero-order valence-electron chi connectivity index (χ0n) is 24.5. The number of carbonyl (C=O) groups excluding carboxylic acids is 4. The van der Waals surface area contributed by atoms with Crippen molar-refractivity contribution in [1.29, 1.82) is 0 Å². The molecule has 0 radical (unpaired) electrons. The molecule has 2 aromatic carbocycles. The number of hydrogen-bond donors (Lipinski definition) is 3. The third-order valence-corrected chi connectivity index (χ3v) is 10.3. The number of halogens is 2. The second kappa shape index (κ2) is 11.6. The van der Waals surface area contributed by atoms with E-state index in [9.17, 15) is 19.2 Å². The Balaban J connectivity index is 1.24. The molecule has 2 heterocycles. The second-order valence-corrected chi connectivity index (χ2v) is 13.0. The van der Waals surface area contributed by atoms with E-state index < -0.39 is 35.1 Å². The van der Waals surface area contributed by atoms with E-state index in [1.165, 1.54) is 19.2 Å². The maximum absolute atomic E-state index is 15.4. The standard InChI is InChI=1S/C32H36ClFN4O6/c1-43-29(42)37-31-14-11-30(12-15-31,13-16-31)27(40)35-23(18-20-6-3-2-4-7-20)26(39)38-17-5-10-32(19-38)24-22(36-28(41)44-32)9-8-21(33)25(24)34/h2-4,6-9,23H,5,10-19H2,1H3,(H,35,40)(H,36,41)(H,37,42)/t23-,30?,31?,32-/m0/s1. The summed E-state index contributed by atoms with van der Waals surface area (Å²) < 4.78 is 26.0. The van der Waals surface area contributed by atoms with E-state index in [2.05, 4.69) is 16.0 Å². The number of nitrogens with zero attached hydrogens (tertiary/aromatic N) is 1. The van der Waals surface area contributed by atoms with Crippen LogP contribution in [-0.2, 0) is 31.1 Å². The van der Waals surface area contributed by atoms with Crippen molar-refractivity contribution in [2.45, 2.75) is 75.0 Å². The van der Waals surface area contributed by atoms with E-state index in [4.69, 9.17) is 21.1 Å². The number of benzene rings is 2. The second-order valence-electron chi connectivity index (χ2n) is 12.5. The Morgan fingerprint density at radius 2 is 1.77 bits per heavy atom. The highest BCUT2D eigenvalue weighted by Gasteiger charge is 2.54. The van der Waals surface area contributed by atoms with Crippen molar-refractivity contribution in [2.24, 2.45) is 5.41 Å². The van der Waals surface area contributed by atoms with Crippen molar-refractivity contribution >= 4 is 41.3 Å². The van der Waals surface area contributed by atoms with Crippen molar-refractivity contribution in [1.82, 2.24) is 15.5 Å². The fourth-order valence-electron chi connectivity index (χ4n) is 7.52. The molecule has 2 aromatic rings. The quantitative estimate of drug-likeness (QED) is 0.413. The smallest absolute Gasteiger partial charge is 0.412 e. The Kier molecular flexibility index (Phi) is 7.94. The van der Waals surface area contributed by atoms with Crippen LogP contribution >= 0.6 is 11.6 Å². The Morgan fingerprint density at radius 1 is 1.07 bits per heavy atom. The molecule has 234 valence electrons. The first kappa shape index (κ1) is 30.2. The summed E-state index contributed by atoms with van der Waals surface area (Å²) in [6, 6.07) is 11.5. The van der Waals surface area contributed by atoms with Crippen LogP contribution in [0, 0.1) is 11.2 Å². The Hall–Kier alpha value is -3.86. The molecule has 3 N–H and O–H groups in total. The van der Waals surface area contributed by atoms with Gasteiger partial charge in [-0.3, -0.25) is 14.9 Å². The highest BCUT2D eigenvalue weighted by molar-refractivity contribution is 6.31. The first-order valence-corrected chi connectivity index (χ1v) is 15.4. The topological polar surface area (TPSA) is 126 Å². The zero-order valence-corrected chi connectivity index (χ0v) is 25.3. The molecule has 3 saturated carbocycles. The van der Waals surface area contributed by atoms with E-state index in [1.807, 2.05) is 30.3 Å². The molecule has 1 spiro atoms. The van der Waals surface area contributed by atoms with Gasteiger partial charge >= 0.3 is 12.2 Å². The van der Waals surface area contributed by atoms with Crippen molar-refractivity contribution < 1.29 is 33.0 Å². The van der Waals surface area contributed by atoms with Gasteiger partial charge in [-0.2, -0.15) is 0 Å². The molecular weight excluding hydrogens is 591 g/mol. The molecule has 5 aliphatic rings. The van der Waals surface area contributed by atoms with E-state index in [-0.39, 0.29) is 46.6 Å². The molecule has 4 amide bonds. The maximum Gasteiger partial charge on any atom is 0.412 e. The van der Waals surface area contributed by atoms with E-state index in [0.717, 1.165) is 5.56 Å². The number of amides is 4. The van der Waals surface area contributed by atoms with Crippen LogP contribution in [0.5, 0.6) is 0 Å². The van der Waals surface area contributed by atoms with Crippen LogP contribution in [0.15, 0.2) is 42.5 Å². The Bertz CT molecular complexity index is 1460. The Morgan fingerprint density at radius 3 is 2.45 bits per heavy atom. The fourth-order valence-corrected chi connectivity index (χ4v) is 7.68.